The number of carbonyl (C=O) groups is 3. The first kappa shape index (κ1) is 18.8. The molecule has 2 aliphatic rings. The van der Waals surface area contributed by atoms with E-state index in [2.05, 4.69) is 0 Å². The monoisotopic (exact) mass is 376 g/mol. The van der Waals surface area contributed by atoms with Crippen LogP contribution < -0.4 is 4.78 Å². The minimum absolute atomic E-state index is 0.0445. The lowest BCUT2D eigenvalue weighted by Gasteiger charge is -2.32. The number of thiophene rings is 1. The van der Waals surface area contributed by atoms with Gasteiger partial charge in [0.05, 0.1) is 11.2 Å². The maximum atomic E-state index is 12.3. The highest BCUT2D eigenvalue weighted by molar-refractivity contribution is 7.23. The van der Waals surface area contributed by atoms with Gasteiger partial charge in [-0.15, -0.1) is 11.3 Å². The van der Waals surface area contributed by atoms with Crippen molar-refractivity contribution in [1.29, 1.82) is 0 Å². The van der Waals surface area contributed by atoms with Crippen molar-refractivity contribution in [3.63, 3.8) is 0 Å². The normalized spacial score (nSPS) is 22.5. The maximum absolute atomic E-state index is 12.3. The molecule has 3 heterocycles. The quantitative estimate of drug-likeness (QED) is 0.444. The Bertz CT molecular complexity index is 787. The van der Waals surface area contributed by atoms with Crippen molar-refractivity contribution in [1.82, 2.24) is 9.80 Å². The predicted molar refractivity (Wildman–Crippen MR) is 98.9 cm³/mol. The Morgan fingerprint density at radius 3 is 1.96 bits per heavy atom. The number of rotatable bonds is 2. The van der Waals surface area contributed by atoms with Crippen LogP contribution in [-0.2, 0) is 18.9 Å². The average Bonchev–Trinajstić information content (AvgIpc) is 3.10. The molecular formula is C17H21BN2O5S. The number of carbonyl (C=O) groups excluding carboxylic acids is 3. The molecule has 4 amide bonds. The van der Waals surface area contributed by atoms with Crippen LogP contribution in [0.4, 0.5) is 4.79 Å². The molecule has 0 saturated carbocycles. The minimum Gasteiger partial charge on any atom is -0.399 e. The molecule has 138 valence electrons. The summed E-state index contributed by atoms with van der Waals surface area (Å²) in [6.45, 7) is 7.91. The van der Waals surface area contributed by atoms with Crippen molar-refractivity contribution >= 4 is 47.2 Å². The van der Waals surface area contributed by atoms with Crippen LogP contribution in [0.3, 0.4) is 0 Å². The summed E-state index contributed by atoms with van der Waals surface area (Å²) in [4.78, 5) is 38.9. The fraction of sp³-hybridized carbons (Fsp3) is 0.471. The number of nitrogens with zero attached hydrogens (tertiary/aromatic N) is 2. The van der Waals surface area contributed by atoms with E-state index in [4.69, 9.17) is 9.31 Å². The SMILES string of the molecule is CN1C(=O)C(=Cc2ccc(B3OC(C)(C)C(C)(C)O3)s2)C(=O)N(C)C1=O. The van der Waals surface area contributed by atoms with Gasteiger partial charge in [0.1, 0.15) is 5.57 Å². The second kappa shape index (κ2) is 6.04. The van der Waals surface area contributed by atoms with Crippen molar-refractivity contribution in [3.05, 3.63) is 22.6 Å². The molecule has 7 nitrogen and oxygen atoms in total. The Kier molecular flexibility index (Phi) is 4.37. The molecule has 2 fully saturated rings. The Morgan fingerprint density at radius 1 is 0.962 bits per heavy atom. The van der Waals surface area contributed by atoms with E-state index in [1.807, 2.05) is 33.8 Å². The average molecular weight is 376 g/mol. The number of likely N-dealkylation sites (N-methyl/N-ethyl adjacent to an activating group) is 2. The first-order valence-corrected chi connectivity index (χ1v) is 9.03. The summed E-state index contributed by atoms with van der Waals surface area (Å²) < 4.78 is 12.9. The van der Waals surface area contributed by atoms with Crippen LogP contribution in [0.1, 0.15) is 32.6 Å². The van der Waals surface area contributed by atoms with Crippen LogP contribution in [0.25, 0.3) is 6.08 Å². The number of hydrogen-bond acceptors (Lipinski definition) is 6. The molecule has 0 aliphatic carbocycles. The number of urea groups is 1. The van der Waals surface area contributed by atoms with Crippen molar-refractivity contribution in [2.45, 2.75) is 38.9 Å². The molecule has 0 spiro atoms. The second-order valence-electron chi connectivity index (χ2n) is 7.40. The van der Waals surface area contributed by atoms with E-state index < -0.39 is 36.2 Å². The Balaban J connectivity index is 1.87. The summed E-state index contributed by atoms with van der Waals surface area (Å²) in [7, 11) is 2.21. The molecule has 9 heteroatoms. The lowest BCUT2D eigenvalue weighted by atomic mass is 9.88. The lowest BCUT2D eigenvalue weighted by Crippen LogP contribution is -2.52. The summed E-state index contributed by atoms with van der Waals surface area (Å²) in [6.07, 6.45) is 1.50. The van der Waals surface area contributed by atoms with Gasteiger partial charge < -0.3 is 9.31 Å². The highest BCUT2D eigenvalue weighted by atomic mass is 32.1. The maximum Gasteiger partial charge on any atom is 0.505 e. The summed E-state index contributed by atoms with van der Waals surface area (Å²) in [6, 6.07) is 3.02. The number of imide groups is 2. The van der Waals surface area contributed by atoms with Gasteiger partial charge in [-0.1, -0.05) is 6.07 Å². The van der Waals surface area contributed by atoms with E-state index in [-0.39, 0.29) is 5.57 Å². The zero-order valence-electron chi connectivity index (χ0n) is 15.7. The molecule has 3 rings (SSSR count). The third-order valence-corrected chi connectivity index (χ3v) is 6.12. The van der Waals surface area contributed by atoms with Crippen molar-refractivity contribution in [3.8, 4) is 0 Å². The molecular weight excluding hydrogens is 355 g/mol. The number of amides is 4. The van der Waals surface area contributed by atoms with Gasteiger partial charge in [0.25, 0.3) is 11.8 Å². The standard InChI is InChI=1S/C17H21BN2O5S/c1-16(2)17(3,4)25-18(24-16)12-8-7-10(26-12)9-11-13(21)19(5)15(23)20(6)14(11)22/h7-9H,1-6H3. The molecule has 0 N–H and O–H groups in total. The summed E-state index contributed by atoms with van der Waals surface area (Å²) in [5, 5.41) is 0. The summed E-state index contributed by atoms with van der Waals surface area (Å²) >= 11 is 1.38. The van der Waals surface area contributed by atoms with Crippen LogP contribution in [0.5, 0.6) is 0 Å². The molecule has 0 radical (unpaired) electrons. The van der Waals surface area contributed by atoms with Gasteiger partial charge >= 0.3 is 13.1 Å². The van der Waals surface area contributed by atoms with E-state index in [1.165, 1.54) is 31.5 Å². The fourth-order valence-corrected chi connectivity index (χ4v) is 3.56. The second-order valence-corrected chi connectivity index (χ2v) is 8.54. The van der Waals surface area contributed by atoms with Gasteiger partial charge in [-0.05, 0) is 39.8 Å². The third-order valence-electron chi connectivity index (χ3n) is 5.06. The van der Waals surface area contributed by atoms with Gasteiger partial charge in [-0.25, -0.2) is 4.79 Å². The van der Waals surface area contributed by atoms with Crippen LogP contribution in [0, 0.1) is 0 Å². The van der Waals surface area contributed by atoms with Crippen LogP contribution in [0.15, 0.2) is 17.7 Å². The van der Waals surface area contributed by atoms with Crippen LogP contribution >= 0.6 is 11.3 Å². The molecule has 0 unspecified atom stereocenters. The van der Waals surface area contributed by atoms with E-state index in [0.717, 1.165) is 14.6 Å². The Morgan fingerprint density at radius 2 is 1.46 bits per heavy atom. The van der Waals surface area contributed by atoms with Crippen molar-refractivity contribution < 1.29 is 23.7 Å². The van der Waals surface area contributed by atoms with Crippen molar-refractivity contribution in [2.24, 2.45) is 0 Å². The van der Waals surface area contributed by atoms with Gasteiger partial charge in [-0.2, -0.15) is 0 Å². The third kappa shape index (κ3) is 2.89. The van der Waals surface area contributed by atoms with Crippen molar-refractivity contribution in [2.75, 3.05) is 14.1 Å². The molecule has 1 aromatic heterocycles. The smallest absolute Gasteiger partial charge is 0.399 e. The van der Waals surface area contributed by atoms with E-state index >= 15 is 0 Å². The Labute approximate surface area is 156 Å². The molecule has 2 aliphatic heterocycles. The van der Waals surface area contributed by atoms with E-state index in [1.54, 1.807) is 6.07 Å². The zero-order chi connectivity index (χ0) is 19.4. The largest absolute Gasteiger partial charge is 0.505 e. The Hall–Kier alpha value is -1.97. The molecule has 0 aromatic carbocycles. The first-order valence-electron chi connectivity index (χ1n) is 8.22. The van der Waals surface area contributed by atoms with Gasteiger partial charge in [0.15, 0.2) is 0 Å². The van der Waals surface area contributed by atoms with E-state index in [0.29, 0.717) is 4.88 Å². The van der Waals surface area contributed by atoms with Gasteiger partial charge in [-0.3, -0.25) is 19.4 Å². The number of hydrogen-bond donors (Lipinski definition) is 0. The zero-order valence-corrected chi connectivity index (χ0v) is 16.5. The minimum atomic E-state index is -0.638. The topological polar surface area (TPSA) is 76.2 Å². The lowest BCUT2D eigenvalue weighted by molar-refractivity contribution is -0.134. The van der Waals surface area contributed by atoms with Gasteiger partial charge in [0.2, 0.25) is 0 Å². The highest BCUT2D eigenvalue weighted by Gasteiger charge is 2.52. The molecule has 1 aromatic rings. The summed E-state index contributed by atoms with van der Waals surface area (Å²) in [5.41, 5.74) is -0.931. The van der Waals surface area contributed by atoms with Crippen LogP contribution in [0.2, 0.25) is 0 Å². The number of barbiturate groups is 1. The molecule has 26 heavy (non-hydrogen) atoms. The van der Waals surface area contributed by atoms with E-state index in [9.17, 15) is 14.4 Å². The fourth-order valence-electron chi connectivity index (χ4n) is 2.65. The predicted octanol–water partition coefficient (Wildman–Crippen LogP) is 1.48. The molecule has 0 atom stereocenters. The van der Waals surface area contributed by atoms with Gasteiger partial charge in [0, 0.05) is 23.7 Å². The van der Waals surface area contributed by atoms with Crippen LogP contribution in [-0.4, -0.2) is 60.1 Å². The first-order chi connectivity index (χ1) is 11.9. The molecule has 2 saturated heterocycles. The highest BCUT2D eigenvalue weighted by Crippen LogP contribution is 2.37. The molecule has 0 bridgehead atoms. The summed E-state index contributed by atoms with van der Waals surface area (Å²) in [5.74, 6) is -1.22.